The molecule has 2 rings (SSSR count). The number of methoxy groups -OCH3 is 2. The molecular formula is C24H43NO15S. The Hall–Kier alpha value is -1.51. The van der Waals surface area contributed by atoms with Crippen LogP contribution in [0.25, 0.3) is 0 Å². The van der Waals surface area contributed by atoms with E-state index in [1.54, 1.807) is 0 Å². The fourth-order valence-electron chi connectivity index (χ4n) is 5.69. The number of nitrogens with one attached hydrogen (secondary N) is 1. The average molecular weight is 618 g/mol. The summed E-state index contributed by atoms with van der Waals surface area (Å²) in [6.45, 7) is 4.43. The van der Waals surface area contributed by atoms with Crippen LogP contribution in [0.15, 0.2) is 0 Å². The molecule has 10 atom stereocenters. The fourth-order valence-corrected chi connectivity index (χ4v) is 6.30. The van der Waals surface area contributed by atoms with E-state index in [0.717, 1.165) is 0 Å². The van der Waals surface area contributed by atoms with Crippen molar-refractivity contribution in [3.8, 4) is 0 Å². The maximum absolute atomic E-state index is 12.4. The molecule has 0 aromatic rings. The Morgan fingerprint density at radius 1 is 0.976 bits per heavy atom. The number of carboxylic acids is 1. The highest BCUT2D eigenvalue weighted by atomic mass is 32.3. The smallest absolute Gasteiger partial charge is 0.397 e. The largest absolute Gasteiger partial charge is 0.479 e. The zero-order valence-corrected chi connectivity index (χ0v) is 25.0. The molecule has 0 bridgehead atoms. The third-order valence-electron chi connectivity index (χ3n) is 8.17. The molecule has 2 fully saturated rings. The summed E-state index contributed by atoms with van der Waals surface area (Å²) in [5, 5.41) is 44.9. The molecule has 0 spiro atoms. The molecule has 0 aromatic heterocycles. The second-order valence-electron chi connectivity index (χ2n) is 11.4. The van der Waals surface area contributed by atoms with Crippen molar-refractivity contribution in [1.29, 1.82) is 0 Å². The molecule has 0 aliphatic carbocycles. The first-order valence-corrected chi connectivity index (χ1v) is 14.2. The number of rotatable bonds is 13. The summed E-state index contributed by atoms with van der Waals surface area (Å²) in [6.07, 6.45) is -5.84. The van der Waals surface area contributed by atoms with Gasteiger partial charge in [-0.3, -0.25) is 9.35 Å². The number of ether oxygens (including phenoxy) is 5. The zero-order chi connectivity index (χ0) is 31.6. The first kappa shape index (κ1) is 35.7. The summed E-state index contributed by atoms with van der Waals surface area (Å²) in [6, 6.07) is -1.02. The van der Waals surface area contributed by atoms with E-state index >= 15 is 0 Å². The average Bonchev–Trinajstić information content (AvgIpc) is 2.85. The predicted octanol–water partition coefficient (Wildman–Crippen LogP) is -1.89. The minimum atomic E-state index is -5.10. The first-order valence-electron chi connectivity index (χ1n) is 12.8. The van der Waals surface area contributed by atoms with Crippen molar-refractivity contribution in [2.45, 2.75) is 81.9 Å². The highest BCUT2D eigenvalue weighted by Gasteiger charge is 2.67. The van der Waals surface area contributed by atoms with Gasteiger partial charge < -0.3 is 49.4 Å². The molecule has 17 heteroatoms. The third kappa shape index (κ3) is 7.18. The number of aliphatic hydroxyl groups excluding tert-OH is 3. The summed E-state index contributed by atoms with van der Waals surface area (Å²) in [5.41, 5.74) is -7.16. The Kier molecular flexibility index (Phi) is 11.3. The molecule has 2 aliphatic heterocycles. The van der Waals surface area contributed by atoms with Crippen LogP contribution in [-0.2, 0) is 47.9 Å². The normalized spacial score (nSPS) is 41.6. The number of amides is 1. The molecule has 16 nitrogen and oxygen atoms in total. The van der Waals surface area contributed by atoms with Gasteiger partial charge in [0.05, 0.1) is 50.6 Å². The van der Waals surface area contributed by atoms with Crippen LogP contribution in [0.2, 0.25) is 0 Å². The molecule has 6 N–H and O–H groups in total. The van der Waals surface area contributed by atoms with Gasteiger partial charge in [0, 0.05) is 27.1 Å². The van der Waals surface area contributed by atoms with E-state index in [4.69, 9.17) is 27.9 Å². The number of carbonyl (C=O) groups excluding carboxylic acids is 1. The van der Waals surface area contributed by atoms with Crippen molar-refractivity contribution in [3.05, 3.63) is 0 Å². The second-order valence-corrected chi connectivity index (χ2v) is 12.5. The molecule has 41 heavy (non-hydrogen) atoms. The van der Waals surface area contributed by atoms with Crippen LogP contribution in [0.1, 0.15) is 34.6 Å². The lowest BCUT2D eigenvalue weighted by Gasteiger charge is -2.57. The van der Waals surface area contributed by atoms with Gasteiger partial charge in [-0.05, 0) is 20.8 Å². The Balaban J connectivity index is 2.46. The van der Waals surface area contributed by atoms with Crippen LogP contribution in [-0.4, -0.2) is 140 Å². The first-order chi connectivity index (χ1) is 18.7. The topological polar surface area (TPSA) is 237 Å². The molecule has 2 heterocycles. The van der Waals surface area contributed by atoms with Crippen LogP contribution in [0, 0.1) is 11.3 Å². The minimum absolute atomic E-state index is 0.101. The van der Waals surface area contributed by atoms with Crippen molar-refractivity contribution in [2.75, 3.05) is 47.3 Å². The SMILES string of the molecule is COC[C@@H]1OC(C)(CO)[C@H](OS(=O)(=O)O)[C@@H](COC[C@]2(C)OC(C)(C(=O)O)[C@@](C)(COC)[C@@H](O)C2O)C1NC(C)=O. The van der Waals surface area contributed by atoms with E-state index in [1.807, 2.05) is 0 Å². The lowest BCUT2D eigenvalue weighted by molar-refractivity contribution is -0.325. The third-order valence-corrected chi connectivity index (χ3v) is 8.62. The maximum atomic E-state index is 12.4. The Bertz CT molecular complexity index is 1040. The molecule has 0 saturated carbocycles. The van der Waals surface area contributed by atoms with Crippen molar-refractivity contribution in [3.63, 3.8) is 0 Å². The summed E-state index contributed by atoms with van der Waals surface area (Å²) in [4.78, 5) is 24.4. The highest BCUT2D eigenvalue weighted by Crippen LogP contribution is 2.49. The van der Waals surface area contributed by atoms with E-state index < -0.39 is 101 Å². The van der Waals surface area contributed by atoms with Gasteiger partial charge in [0.25, 0.3) is 0 Å². The number of aliphatic hydroxyl groups is 3. The standard InChI is InChI=1S/C24H43NO15S/c1-13(27)25-16-14(19(39-41(32,33)34)22(3,10-26)38-15(16)9-35-6)8-37-12-23(4)18(29)17(28)21(2,11-36-7)24(5,40-23)20(30)31/h14-19,26,28-29H,8-12H2,1-7H3,(H,25,27)(H,30,31)(H,32,33,34)/t14-,15-,16?,17-,18?,19+,21-,22?,23-,24?/m0/s1. The molecular weight excluding hydrogens is 574 g/mol. The zero-order valence-electron chi connectivity index (χ0n) is 24.2. The van der Waals surface area contributed by atoms with Crippen molar-refractivity contribution >= 4 is 22.3 Å². The Morgan fingerprint density at radius 3 is 2.05 bits per heavy atom. The van der Waals surface area contributed by atoms with Crippen molar-refractivity contribution in [2.24, 2.45) is 11.3 Å². The number of hydrogen-bond acceptors (Lipinski definition) is 13. The lowest BCUT2D eigenvalue weighted by atomic mass is 9.64. The number of carbonyl (C=O) groups is 2. The number of hydrogen-bond donors (Lipinski definition) is 6. The number of aliphatic carboxylic acids is 1. The monoisotopic (exact) mass is 617 g/mol. The van der Waals surface area contributed by atoms with Gasteiger partial charge >= 0.3 is 16.4 Å². The van der Waals surface area contributed by atoms with Crippen molar-refractivity contribution in [1.82, 2.24) is 5.32 Å². The van der Waals surface area contributed by atoms with Crippen LogP contribution < -0.4 is 5.32 Å². The van der Waals surface area contributed by atoms with Crippen LogP contribution in [0.3, 0.4) is 0 Å². The molecule has 4 unspecified atom stereocenters. The molecule has 2 aliphatic rings. The van der Waals surface area contributed by atoms with Gasteiger partial charge in [0.1, 0.15) is 29.5 Å². The van der Waals surface area contributed by atoms with Gasteiger partial charge in [-0.2, -0.15) is 8.42 Å². The minimum Gasteiger partial charge on any atom is -0.479 e. The highest BCUT2D eigenvalue weighted by molar-refractivity contribution is 7.80. The maximum Gasteiger partial charge on any atom is 0.397 e. The molecule has 240 valence electrons. The van der Waals surface area contributed by atoms with E-state index in [-0.39, 0.29) is 13.2 Å². The summed E-state index contributed by atoms with van der Waals surface area (Å²) in [5.74, 6) is -3.07. The predicted molar refractivity (Wildman–Crippen MR) is 138 cm³/mol. The summed E-state index contributed by atoms with van der Waals surface area (Å²) >= 11 is 0. The van der Waals surface area contributed by atoms with Gasteiger partial charge in [-0.25, -0.2) is 8.98 Å². The quantitative estimate of drug-likeness (QED) is 0.124. The van der Waals surface area contributed by atoms with Gasteiger partial charge in [0.15, 0.2) is 5.60 Å². The Labute approximate surface area is 239 Å². The Morgan fingerprint density at radius 2 is 1.59 bits per heavy atom. The van der Waals surface area contributed by atoms with Gasteiger partial charge in [-0.1, -0.05) is 6.92 Å². The van der Waals surface area contributed by atoms with Gasteiger partial charge in [0.2, 0.25) is 5.91 Å². The fraction of sp³-hybridized carbons (Fsp3) is 0.917. The van der Waals surface area contributed by atoms with E-state index in [9.17, 15) is 43.0 Å². The van der Waals surface area contributed by atoms with Gasteiger partial charge in [-0.15, -0.1) is 0 Å². The van der Waals surface area contributed by atoms with Crippen LogP contribution in [0.5, 0.6) is 0 Å². The summed E-state index contributed by atoms with van der Waals surface area (Å²) < 4.78 is 66.0. The van der Waals surface area contributed by atoms with E-state index in [2.05, 4.69) is 5.32 Å². The molecule has 1 amide bonds. The molecule has 2 saturated heterocycles. The van der Waals surface area contributed by atoms with Crippen LogP contribution in [0.4, 0.5) is 0 Å². The summed E-state index contributed by atoms with van der Waals surface area (Å²) in [7, 11) is -2.43. The lowest BCUT2D eigenvalue weighted by Crippen LogP contribution is -2.74. The van der Waals surface area contributed by atoms with E-state index in [1.165, 1.54) is 48.8 Å². The van der Waals surface area contributed by atoms with Crippen molar-refractivity contribution < 1.29 is 70.9 Å². The molecule has 0 radical (unpaired) electrons. The van der Waals surface area contributed by atoms with Crippen LogP contribution >= 0.6 is 0 Å². The number of carboxylic acid groups (broad SMARTS) is 1. The molecule has 0 aromatic carbocycles. The second kappa shape index (κ2) is 13.0. The van der Waals surface area contributed by atoms with E-state index in [0.29, 0.717) is 0 Å².